The van der Waals surface area contributed by atoms with Crippen molar-refractivity contribution in [2.45, 2.75) is 52.6 Å². The minimum Gasteiger partial charge on any atom is -0.370 e. The Balaban J connectivity index is 1.52. The van der Waals surface area contributed by atoms with Crippen LogP contribution >= 0.6 is 0 Å². The molecular weight excluding hydrogens is 364 g/mol. The van der Waals surface area contributed by atoms with Gasteiger partial charge in [-0.1, -0.05) is 30.2 Å². The number of hydrogen-bond acceptors (Lipinski definition) is 3. The fraction of sp³-hybridized carbons (Fsp3) is 0.652. The molecule has 29 heavy (non-hydrogen) atoms. The predicted octanol–water partition coefficient (Wildman–Crippen LogP) is 2.95. The highest BCUT2D eigenvalue weighted by molar-refractivity contribution is 5.80. The van der Waals surface area contributed by atoms with E-state index in [0.717, 1.165) is 44.9 Å². The third-order valence-corrected chi connectivity index (χ3v) is 5.84. The number of aryl methyl sites for hydroxylation is 2. The third-order valence-electron chi connectivity index (χ3n) is 5.84. The number of rotatable bonds is 7. The van der Waals surface area contributed by atoms with Gasteiger partial charge in [-0.05, 0) is 51.2 Å². The Labute approximate surface area is 175 Å². The molecule has 160 valence electrons. The van der Waals surface area contributed by atoms with Gasteiger partial charge < -0.3 is 20.3 Å². The zero-order valence-electron chi connectivity index (χ0n) is 18.2. The van der Waals surface area contributed by atoms with E-state index in [2.05, 4.69) is 54.5 Å². The summed E-state index contributed by atoms with van der Waals surface area (Å²) in [6.45, 7) is 10.9. The average molecular weight is 401 g/mol. The number of ether oxygens (including phenoxy) is 1. The van der Waals surface area contributed by atoms with Crippen molar-refractivity contribution in [1.82, 2.24) is 15.5 Å². The molecule has 0 radical (unpaired) electrons. The fourth-order valence-corrected chi connectivity index (χ4v) is 3.93. The van der Waals surface area contributed by atoms with Crippen LogP contribution in [0.25, 0.3) is 0 Å². The van der Waals surface area contributed by atoms with Crippen molar-refractivity contribution in [3.05, 3.63) is 34.9 Å². The first-order valence-electron chi connectivity index (χ1n) is 11.1. The number of guanidine groups is 1. The van der Waals surface area contributed by atoms with Crippen LogP contribution in [0.5, 0.6) is 0 Å². The number of amides is 1. The summed E-state index contributed by atoms with van der Waals surface area (Å²) in [7, 11) is 0. The average Bonchev–Trinajstić information content (AvgIpc) is 2.65. The molecule has 1 aromatic carbocycles. The molecule has 1 aliphatic heterocycles. The number of benzene rings is 1. The molecule has 0 bridgehead atoms. The molecule has 2 N–H and O–H groups in total. The highest BCUT2D eigenvalue weighted by Gasteiger charge is 2.26. The second-order valence-electron chi connectivity index (χ2n) is 8.17. The number of nitrogens with zero attached hydrogens (tertiary/aromatic N) is 2. The lowest BCUT2D eigenvalue weighted by Crippen LogP contribution is -2.48. The van der Waals surface area contributed by atoms with Gasteiger partial charge in [-0.3, -0.25) is 9.79 Å². The highest BCUT2D eigenvalue weighted by Crippen LogP contribution is 2.26. The van der Waals surface area contributed by atoms with Crippen LogP contribution in [0.1, 0.15) is 55.4 Å². The number of carbonyl (C=O) groups is 1. The quantitative estimate of drug-likeness (QED) is 0.420. The molecule has 0 aromatic heterocycles. The SMILES string of the molecule is CCNC(=NCCCNC(=O)C1CCC1)N1CCOC(c2ccc(C)cc2C)C1. The van der Waals surface area contributed by atoms with Crippen molar-refractivity contribution >= 4 is 11.9 Å². The zero-order chi connectivity index (χ0) is 20.6. The van der Waals surface area contributed by atoms with E-state index in [1.807, 2.05) is 0 Å². The predicted molar refractivity (Wildman–Crippen MR) is 117 cm³/mol. The minimum atomic E-state index is 0.0648. The van der Waals surface area contributed by atoms with Gasteiger partial charge in [0.25, 0.3) is 0 Å². The Hall–Kier alpha value is -2.08. The van der Waals surface area contributed by atoms with Crippen LogP contribution in [0, 0.1) is 19.8 Å². The molecule has 1 aromatic rings. The molecule has 2 aliphatic rings. The number of nitrogens with one attached hydrogen (secondary N) is 2. The standard InChI is InChI=1S/C23H36N4O2/c1-4-24-23(26-12-6-11-25-22(28)19-7-5-8-19)27-13-14-29-21(16-27)20-10-9-17(2)15-18(20)3/h9-10,15,19,21H,4-8,11-14,16H2,1-3H3,(H,24,26)(H,25,28). The summed E-state index contributed by atoms with van der Waals surface area (Å²) in [4.78, 5) is 19.0. The van der Waals surface area contributed by atoms with Crippen LogP contribution in [-0.4, -0.2) is 56.1 Å². The number of aliphatic imine (C=N–C) groups is 1. The van der Waals surface area contributed by atoms with E-state index in [0.29, 0.717) is 19.7 Å². The Morgan fingerprint density at radius 1 is 1.28 bits per heavy atom. The van der Waals surface area contributed by atoms with Gasteiger partial charge in [0.15, 0.2) is 5.96 Å². The summed E-state index contributed by atoms with van der Waals surface area (Å²) in [6.07, 6.45) is 4.21. The second kappa shape index (κ2) is 10.6. The van der Waals surface area contributed by atoms with Gasteiger partial charge in [-0.2, -0.15) is 0 Å². The van der Waals surface area contributed by atoms with Crippen molar-refractivity contribution in [3.63, 3.8) is 0 Å². The molecule has 6 heteroatoms. The summed E-state index contributed by atoms with van der Waals surface area (Å²) in [5.74, 6) is 1.42. The maximum atomic E-state index is 11.9. The molecule has 1 unspecified atom stereocenters. The lowest BCUT2D eigenvalue weighted by molar-refractivity contribution is -0.127. The third kappa shape index (κ3) is 5.95. The largest absolute Gasteiger partial charge is 0.370 e. The summed E-state index contributed by atoms with van der Waals surface area (Å²) < 4.78 is 6.08. The Bertz CT molecular complexity index is 715. The van der Waals surface area contributed by atoms with Crippen molar-refractivity contribution in [2.24, 2.45) is 10.9 Å². The molecular formula is C23H36N4O2. The molecule has 1 heterocycles. The van der Waals surface area contributed by atoms with E-state index in [4.69, 9.17) is 9.73 Å². The maximum absolute atomic E-state index is 11.9. The van der Waals surface area contributed by atoms with Gasteiger partial charge >= 0.3 is 0 Å². The fourth-order valence-electron chi connectivity index (χ4n) is 3.93. The smallest absolute Gasteiger partial charge is 0.223 e. The summed E-state index contributed by atoms with van der Waals surface area (Å²) >= 11 is 0. The molecule has 1 aliphatic carbocycles. The van der Waals surface area contributed by atoms with Crippen LogP contribution in [0.3, 0.4) is 0 Å². The van der Waals surface area contributed by atoms with E-state index in [9.17, 15) is 4.79 Å². The Morgan fingerprint density at radius 2 is 2.10 bits per heavy atom. The van der Waals surface area contributed by atoms with Gasteiger partial charge in [0, 0.05) is 32.1 Å². The zero-order valence-corrected chi connectivity index (χ0v) is 18.2. The van der Waals surface area contributed by atoms with Gasteiger partial charge in [0.1, 0.15) is 6.10 Å². The van der Waals surface area contributed by atoms with Crippen LogP contribution in [-0.2, 0) is 9.53 Å². The normalized spacial score (nSPS) is 20.3. The van der Waals surface area contributed by atoms with E-state index >= 15 is 0 Å². The molecule has 1 atom stereocenters. The Morgan fingerprint density at radius 3 is 2.79 bits per heavy atom. The number of carbonyl (C=O) groups excluding carboxylic acids is 1. The summed E-state index contributed by atoms with van der Waals surface area (Å²) in [5.41, 5.74) is 3.81. The maximum Gasteiger partial charge on any atom is 0.223 e. The monoisotopic (exact) mass is 400 g/mol. The van der Waals surface area contributed by atoms with Crippen molar-refractivity contribution in [1.29, 1.82) is 0 Å². The summed E-state index contributed by atoms with van der Waals surface area (Å²) in [6, 6.07) is 6.56. The van der Waals surface area contributed by atoms with Gasteiger partial charge in [-0.25, -0.2) is 0 Å². The first-order chi connectivity index (χ1) is 14.1. The van der Waals surface area contributed by atoms with Gasteiger partial charge in [-0.15, -0.1) is 0 Å². The highest BCUT2D eigenvalue weighted by atomic mass is 16.5. The van der Waals surface area contributed by atoms with E-state index in [1.165, 1.54) is 23.1 Å². The van der Waals surface area contributed by atoms with Crippen LogP contribution < -0.4 is 10.6 Å². The molecule has 3 rings (SSSR count). The molecule has 1 amide bonds. The Kier molecular flexibility index (Phi) is 7.92. The van der Waals surface area contributed by atoms with E-state index in [-0.39, 0.29) is 17.9 Å². The number of hydrogen-bond donors (Lipinski definition) is 2. The van der Waals surface area contributed by atoms with Crippen LogP contribution in [0.15, 0.2) is 23.2 Å². The first kappa shape index (κ1) is 21.6. The van der Waals surface area contributed by atoms with Crippen LogP contribution in [0.4, 0.5) is 0 Å². The lowest BCUT2D eigenvalue weighted by atomic mass is 9.85. The van der Waals surface area contributed by atoms with Crippen LogP contribution in [0.2, 0.25) is 0 Å². The van der Waals surface area contributed by atoms with E-state index in [1.54, 1.807) is 0 Å². The van der Waals surface area contributed by atoms with Gasteiger partial charge in [0.2, 0.25) is 5.91 Å². The van der Waals surface area contributed by atoms with Crippen molar-refractivity contribution < 1.29 is 9.53 Å². The second-order valence-corrected chi connectivity index (χ2v) is 8.17. The van der Waals surface area contributed by atoms with Crippen molar-refractivity contribution in [2.75, 3.05) is 39.3 Å². The minimum absolute atomic E-state index is 0.0648. The van der Waals surface area contributed by atoms with E-state index < -0.39 is 0 Å². The molecule has 6 nitrogen and oxygen atoms in total. The molecule has 1 saturated heterocycles. The number of morpholine rings is 1. The summed E-state index contributed by atoms with van der Waals surface area (Å²) in [5, 5.41) is 6.46. The van der Waals surface area contributed by atoms with Crippen molar-refractivity contribution in [3.8, 4) is 0 Å². The first-order valence-corrected chi connectivity index (χ1v) is 11.1. The molecule has 2 fully saturated rings. The topological polar surface area (TPSA) is 66.0 Å². The van der Waals surface area contributed by atoms with Gasteiger partial charge in [0.05, 0.1) is 13.2 Å². The molecule has 0 spiro atoms. The lowest BCUT2D eigenvalue weighted by Gasteiger charge is -2.36. The molecule has 1 saturated carbocycles.